The molecule has 2 N–H and O–H groups in total. The van der Waals surface area contributed by atoms with Crippen molar-refractivity contribution < 1.29 is 38.0 Å². The Hall–Kier alpha value is -1.09. The molecule has 9 heteroatoms. The van der Waals surface area contributed by atoms with Crippen LogP contribution in [0.4, 0.5) is 8.78 Å². The second-order valence-corrected chi connectivity index (χ2v) is 16.7. The van der Waals surface area contributed by atoms with Crippen LogP contribution in [-0.4, -0.2) is 74.4 Å². The van der Waals surface area contributed by atoms with E-state index in [9.17, 15) is 23.8 Å². The summed E-state index contributed by atoms with van der Waals surface area (Å²) in [6.07, 6.45) is 10.2. The number of aliphatic hydroxyl groups excluding tert-OH is 2. The molecule has 270 valence electrons. The molecule has 1 aromatic carbocycles. The molecular weight excluding hydrogens is 669 g/mol. The first kappa shape index (κ1) is 40.3. The monoisotopic (exact) mass is 732 g/mol. The molecule has 0 aromatic heterocycles. The van der Waals surface area contributed by atoms with Crippen LogP contribution in [0.1, 0.15) is 136 Å². The zero-order chi connectivity index (χ0) is 34.1. The van der Waals surface area contributed by atoms with Gasteiger partial charge in [0.2, 0.25) is 0 Å². The summed E-state index contributed by atoms with van der Waals surface area (Å²) in [7, 11) is 0. The third-order valence-electron chi connectivity index (χ3n) is 9.72. The van der Waals surface area contributed by atoms with E-state index in [1.807, 2.05) is 39.0 Å². The van der Waals surface area contributed by atoms with Crippen LogP contribution in [0.5, 0.6) is 0 Å². The SMILES string of the molecule is CCCCCCC(F)(F)C(O)CC[C@H]1C(OC2CCCCO2)CC(O)C1CCCCCCCC([Se]c1ccccc1)C(=O)OC(C)C. The first-order valence-corrected chi connectivity index (χ1v) is 20.4. The Morgan fingerprint density at radius 1 is 0.979 bits per heavy atom. The van der Waals surface area contributed by atoms with E-state index in [2.05, 4.69) is 12.1 Å². The maximum absolute atomic E-state index is 14.8. The molecule has 7 atom stereocenters. The fourth-order valence-corrected chi connectivity index (χ4v) is 9.34. The molecule has 0 bridgehead atoms. The van der Waals surface area contributed by atoms with Crippen LogP contribution < -0.4 is 4.46 Å². The third kappa shape index (κ3) is 14.7. The summed E-state index contributed by atoms with van der Waals surface area (Å²) >= 11 is 0.0225. The summed E-state index contributed by atoms with van der Waals surface area (Å²) in [5.41, 5.74) is 0. The van der Waals surface area contributed by atoms with E-state index < -0.39 is 18.1 Å². The van der Waals surface area contributed by atoms with Gasteiger partial charge in [-0.25, -0.2) is 8.78 Å². The van der Waals surface area contributed by atoms with Crippen molar-refractivity contribution in [3.63, 3.8) is 0 Å². The Morgan fingerprint density at radius 3 is 2.40 bits per heavy atom. The molecular formula is C38H62F2O6Se. The first-order valence-electron chi connectivity index (χ1n) is 18.5. The topological polar surface area (TPSA) is 85.2 Å². The number of carbonyl (C=O) groups excluding carboxylic acids is 1. The van der Waals surface area contributed by atoms with Crippen molar-refractivity contribution in [3.05, 3.63) is 30.3 Å². The van der Waals surface area contributed by atoms with Crippen LogP contribution >= 0.6 is 0 Å². The van der Waals surface area contributed by atoms with Gasteiger partial charge in [-0.3, -0.25) is 0 Å². The number of rotatable bonds is 23. The molecule has 2 aliphatic rings. The first-order chi connectivity index (χ1) is 22.6. The van der Waals surface area contributed by atoms with Crippen LogP contribution in [0.25, 0.3) is 0 Å². The molecule has 0 spiro atoms. The summed E-state index contributed by atoms with van der Waals surface area (Å²) < 4.78 is 48.5. The van der Waals surface area contributed by atoms with Gasteiger partial charge in [-0.15, -0.1) is 0 Å². The molecule has 1 saturated heterocycles. The van der Waals surface area contributed by atoms with Crippen molar-refractivity contribution in [1.29, 1.82) is 0 Å². The van der Waals surface area contributed by atoms with Gasteiger partial charge in [-0.2, -0.15) is 0 Å². The number of benzene rings is 1. The van der Waals surface area contributed by atoms with Crippen LogP contribution in [0, 0.1) is 11.8 Å². The third-order valence-corrected chi connectivity index (χ3v) is 12.4. The van der Waals surface area contributed by atoms with Gasteiger partial charge in [0.05, 0.1) is 0 Å². The number of halogens is 2. The quantitative estimate of drug-likeness (QED) is 0.0672. The van der Waals surface area contributed by atoms with Crippen LogP contribution in [0.3, 0.4) is 0 Å². The number of carbonyl (C=O) groups is 1. The Balaban J connectivity index is 1.48. The van der Waals surface area contributed by atoms with E-state index in [4.69, 9.17) is 14.2 Å². The summed E-state index contributed by atoms with van der Waals surface area (Å²) in [5, 5.41) is 21.7. The number of alkyl halides is 2. The van der Waals surface area contributed by atoms with E-state index in [1.54, 1.807) is 0 Å². The molecule has 3 rings (SSSR count). The molecule has 2 fully saturated rings. The Bertz CT molecular complexity index is 976. The molecule has 1 aliphatic carbocycles. The van der Waals surface area contributed by atoms with Crippen LogP contribution in [0.2, 0.25) is 4.82 Å². The van der Waals surface area contributed by atoms with E-state index in [0.29, 0.717) is 25.9 Å². The summed E-state index contributed by atoms with van der Waals surface area (Å²) in [6.45, 7) is 6.49. The van der Waals surface area contributed by atoms with Gasteiger partial charge in [0.1, 0.15) is 6.10 Å². The number of ether oxygens (including phenoxy) is 3. The molecule has 0 radical (unpaired) electrons. The predicted molar refractivity (Wildman–Crippen MR) is 184 cm³/mol. The van der Waals surface area contributed by atoms with Crippen LogP contribution in [0.15, 0.2) is 30.3 Å². The van der Waals surface area contributed by atoms with E-state index in [0.717, 1.165) is 83.5 Å². The molecule has 6 nitrogen and oxygen atoms in total. The maximum atomic E-state index is 14.8. The average molecular weight is 732 g/mol. The van der Waals surface area contributed by atoms with Gasteiger partial charge in [0, 0.05) is 13.0 Å². The number of esters is 1. The predicted octanol–water partition coefficient (Wildman–Crippen LogP) is 8.14. The van der Waals surface area contributed by atoms with Crippen molar-refractivity contribution in [1.82, 2.24) is 0 Å². The van der Waals surface area contributed by atoms with Gasteiger partial charge >= 0.3 is 188 Å². The van der Waals surface area contributed by atoms with E-state index >= 15 is 0 Å². The Morgan fingerprint density at radius 2 is 1.70 bits per heavy atom. The molecule has 1 heterocycles. The van der Waals surface area contributed by atoms with Crippen molar-refractivity contribution in [2.75, 3.05) is 6.61 Å². The van der Waals surface area contributed by atoms with Crippen molar-refractivity contribution in [2.24, 2.45) is 11.8 Å². The standard InChI is InChI=1S/C38H62F2O6Se/c1-4-5-6-16-25-38(39,40)35(42)24-23-31-30(32(41)27-33(31)46-36-22-15-17-26-44-36)20-13-8-7-9-14-21-34(37(43)45-28(2)3)47-29-18-11-10-12-19-29/h10-12,18-19,28,30-36,41-42H,4-9,13-17,20-27H2,1-3H3/t30?,31-,32?,33?,34?,35?,36?/m1/s1. The fourth-order valence-electron chi connectivity index (χ4n) is 7.08. The van der Waals surface area contributed by atoms with Gasteiger partial charge in [-0.1, -0.05) is 26.2 Å². The minimum absolute atomic E-state index is 0.00489. The number of hydrogen-bond donors (Lipinski definition) is 2. The molecule has 6 unspecified atom stereocenters. The van der Waals surface area contributed by atoms with Crippen LogP contribution in [-0.2, 0) is 19.0 Å². The zero-order valence-electron chi connectivity index (χ0n) is 29.1. The molecule has 47 heavy (non-hydrogen) atoms. The molecule has 1 aliphatic heterocycles. The second kappa shape index (κ2) is 21.9. The average Bonchev–Trinajstić information content (AvgIpc) is 3.34. The number of unbranched alkanes of at least 4 members (excludes halogenated alkanes) is 7. The normalized spacial score (nSPS) is 24.8. The van der Waals surface area contributed by atoms with Crippen molar-refractivity contribution in [3.8, 4) is 0 Å². The summed E-state index contributed by atoms with van der Waals surface area (Å²) in [4.78, 5) is 12.7. The number of aliphatic hydroxyl groups is 2. The Labute approximate surface area is 289 Å². The molecule has 1 saturated carbocycles. The van der Waals surface area contributed by atoms with Gasteiger partial charge < -0.3 is 9.84 Å². The Kier molecular flexibility index (Phi) is 18.8. The minimum atomic E-state index is -3.10. The number of hydrogen-bond acceptors (Lipinski definition) is 6. The van der Waals surface area contributed by atoms with E-state index in [1.165, 1.54) is 4.46 Å². The second-order valence-electron chi connectivity index (χ2n) is 14.0. The van der Waals surface area contributed by atoms with E-state index in [-0.39, 0.29) is 68.9 Å². The van der Waals surface area contributed by atoms with Gasteiger partial charge in [-0.05, 0) is 25.7 Å². The van der Waals surface area contributed by atoms with Gasteiger partial charge in [0.25, 0.3) is 5.92 Å². The van der Waals surface area contributed by atoms with Crippen molar-refractivity contribution in [2.45, 2.75) is 178 Å². The van der Waals surface area contributed by atoms with Gasteiger partial charge in [0.15, 0.2) is 6.29 Å². The van der Waals surface area contributed by atoms with Crippen molar-refractivity contribution >= 4 is 25.4 Å². The summed E-state index contributed by atoms with van der Waals surface area (Å²) in [5.74, 6) is -3.33. The zero-order valence-corrected chi connectivity index (χ0v) is 30.8. The summed E-state index contributed by atoms with van der Waals surface area (Å²) in [6, 6.07) is 10.2. The molecule has 1 aromatic rings. The molecule has 0 amide bonds. The fraction of sp³-hybridized carbons (Fsp3) is 0.816.